The third-order valence-corrected chi connectivity index (χ3v) is 5.11. The SMILES string of the molecule is COc1ccc(CCNC(=NCc2cccc(N(C)C)n2)NCc2nnc(C)n2C)cc1.I. The molecule has 2 aromatic heterocycles. The van der Waals surface area contributed by atoms with Gasteiger partial charge in [0.15, 0.2) is 11.8 Å². The molecule has 0 aliphatic rings. The van der Waals surface area contributed by atoms with E-state index in [1.165, 1.54) is 5.56 Å². The zero-order valence-electron chi connectivity index (χ0n) is 19.9. The zero-order chi connectivity index (χ0) is 22.9. The molecule has 2 N–H and O–H groups in total. The minimum absolute atomic E-state index is 0. The molecule has 10 heteroatoms. The molecular weight excluding hydrogens is 531 g/mol. The van der Waals surface area contributed by atoms with Gasteiger partial charge in [0, 0.05) is 27.7 Å². The highest BCUT2D eigenvalue weighted by molar-refractivity contribution is 14.0. The number of aromatic nitrogens is 4. The lowest BCUT2D eigenvalue weighted by Gasteiger charge is -2.14. The second-order valence-electron chi connectivity index (χ2n) is 7.65. The Morgan fingerprint density at radius 1 is 1.09 bits per heavy atom. The van der Waals surface area contributed by atoms with Gasteiger partial charge in [0.2, 0.25) is 0 Å². The van der Waals surface area contributed by atoms with Crippen LogP contribution in [0.5, 0.6) is 5.75 Å². The molecule has 0 amide bonds. The van der Waals surface area contributed by atoms with E-state index >= 15 is 0 Å². The number of hydrogen-bond acceptors (Lipinski definition) is 6. The summed E-state index contributed by atoms with van der Waals surface area (Å²) in [6.45, 7) is 3.66. The molecule has 0 bridgehead atoms. The van der Waals surface area contributed by atoms with E-state index in [4.69, 9.17) is 9.73 Å². The number of halogens is 1. The molecule has 33 heavy (non-hydrogen) atoms. The minimum atomic E-state index is 0. The molecule has 2 heterocycles. The predicted molar refractivity (Wildman–Crippen MR) is 142 cm³/mol. The first-order valence-electron chi connectivity index (χ1n) is 10.6. The number of benzene rings is 1. The Hall–Kier alpha value is -2.89. The Bertz CT molecular complexity index is 1030. The van der Waals surface area contributed by atoms with Gasteiger partial charge in [-0.05, 0) is 43.2 Å². The molecule has 178 valence electrons. The number of rotatable bonds is 9. The van der Waals surface area contributed by atoms with Crippen molar-refractivity contribution in [3.8, 4) is 5.75 Å². The molecule has 3 aromatic rings. The molecule has 9 nitrogen and oxygen atoms in total. The van der Waals surface area contributed by atoms with Crippen molar-refractivity contribution < 1.29 is 4.74 Å². The highest BCUT2D eigenvalue weighted by Crippen LogP contribution is 2.11. The summed E-state index contributed by atoms with van der Waals surface area (Å²) in [6.07, 6.45) is 0.863. The second kappa shape index (κ2) is 13.0. The first-order valence-corrected chi connectivity index (χ1v) is 10.6. The predicted octanol–water partition coefficient (Wildman–Crippen LogP) is 2.69. The van der Waals surface area contributed by atoms with Crippen LogP contribution in [0.3, 0.4) is 0 Å². The van der Waals surface area contributed by atoms with E-state index < -0.39 is 0 Å². The van der Waals surface area contributed by atoms with Gasteiger partial charge in [0.25, 0.3) is 0 Å². The molecule has 0 unspecified atom stereocenters. The third-order valence-electron chi connectivity index (χ3n) is 5.11. The Morgan fingerprint density at radius 2 is 1.85 bits per heavy atom. The quantitative estimate of drug-likeness (QED) is 0.235. The van der Waals surface area contributed by atoms with Crippen molar-refractivity contribution in [3.63, 3.8) is 0 Å². The number of nitrogens with one attached hydrogen (secondary N) is 2. The van der Waals surface area contributed by atoms with Crippen LogP contribution < -0.4 is 20.3 Å². The van der Waals surface area contributed by atoms with E-state index in [1.54, 1.807) is 7.11 Å². The first kappa shape index (κ1) is 26.4. The monoisotopic (exact) mass is 564 g/mol. The van der Waals surface area contributed by atoms with Gasteiger partial charge >= 0.3 is 0 Å². The van der Waals surface area contributed by atoms with E-state index in [-0.39, 0.29) is 24.0 Å². The van der Waals surface area contributed by atoms with Gasteiger partial charge in [0.1, 0.15) is 17.4 Å². The fourth-order valence-electron chi connectivity index (χ4n) is 3.02. The average Bonchev–Trinajstić information content (AvgIpc) is 3.13. The fourth-order valence-corrected chi connectivity index (χ4v) is 3.02. The Balaban J connectivity index is 0.00000385. The molecule has 0 saturated heterocycles. The number of aliphatic imine (C=N–C) groups is 1. The summed E-state index contributed by atoms with van der Waals surface area (Å²) in [5.41, 5.74) is 2.13. The van der Waals surface area contributed by atoms with Gasteiger partial charge in [-0.1, -0.05) is 18.2 Å². The van der Waals surface area contributed by atoms with Crippen molar-refractivity contribution in [1.29, 1.82) is 0 Å². The maximum absolute atomic E-state index is 5.23. The van der Waals surface area contributed by atoms with E-state index in [9.17, 15) is 0 Å². The maximum atomic E-state index is 5.23. The second-order valence-corrected chi connectivity index (χ2v) is 7.65. The molecule has 0 fully saturated rings. The van der Waals surface area contributed by atoms with Crippen molar-refractivity contribution in [2.45, 2.75) is 26.4 Å². The first-order chi connectivity index (χ1) is 15.5. The summed E-state index contributed by atoms with van der Waals surface area (Å²) in [5, 5.41) is 15.1. The standard InChI is InChI=1S/C23H32N8O.HI/c1-17-28-29-22(31(17)4)16-26-23(24-14-13-18-9-11-20(32-5)12-10-18)25-15-19-7-6-8-21(27-19)30(2)3;/h6-12H,13-16H2,1-5H3,(H2,24,25,26);1H. The van der Waals surface area contributed by atoms with Crippen LogP contribution in [0, 0.1) is 6.92 Å². The molecule has 0 spiro atoms. The number of pyridine rings is 1. The van der Waals surface area contributed by atoms with Crippen LogP contribution in [0.1, 0.15) is 22.9 Å². The van der Waals surface area contributed by atoms with Gasteiger partial charge in [-0.2, -0.15) is 0 Å². The van der Waals surface area contributed by atoms with Gasteiger partial charge in [-0.3, -0.25) is 0 Å². The normalized spacial score (nSPS) is 11.0. The Morgan fingerprint density at radius 3 is 2.48 bits per heavy atom. The molecule has 0 aliphatic carbocycles. The van der Waals surface area contributed by atoms with E-state index in [0.29, 0.717) is 19.0 Å². The van der Waals surface area contributed by atoms with E-state index in [1.807, 2.05) is 67.9 Å². The Kier molecular flexibility index (Phi) is 10.4. The lowest BCUT2D eigenvalue weighted by Crippen LogP contribution is -2.38. The summed E-state index contributed by atoms with van der Waals surface area (Å²) < 4.78 is 7.19. The number of hydrogen-bond donors (Lipinski definition) is 2. The van der Waals surface area contributed by atoms with Gasteiger partial charge < -0.3 is 24.8 Å². The molecule has 0 radical (unpaired) electrons. The number of anilines is 1. The van der Waals surface area contributed by atoms with Crippen molar-refractivity contribution in [1.82, 2.24) is 30.4 Å². The number of aryl methyl sites for hydroxylation is 1. The summed E-state index contributed by atoms with van der Waals surface area (Å²) in [7, 11) is 7.58. The highest BCUT2D eigenvalue weighted by Gasteiger charge is 2.07. The van der Waals surface area contributed by atoms with Crippen molar-refractivity contribution in [2.75, 3.05) is 32.6 Å². The van der Waals surface area contributed by atoms with Crippen LogP contribution >= 0.6 is 24.0 Å². The van der Waals surface area contributed by atoms with Gasteiger partial charge in [0.05, 0.1) is 25.9 Å². The fraction of sp³-hybridized carbons (Fsp3) is 0.391. The van der Waals surface area contributed by atoms with Gasteiger partial charge in [-0.25, -0.2) is 9.98 Å². The van der Waals surface area contributed by atoms with Crippen LogP contribution in [-0.4, -0.2) is 53.5 Å². The molecular formula is C23H33IN8O. The lowest BCUT2D eigenvalue weighted by molar-refractivity contribution is 0.414. The zero-order valence-corrected chi connectivity index (χ0v) is 22.2. The Labute approximate surface area is 212 Å². The van der Waals surface area contributed by atoms with E-state index in [0.717, 1.165) is 41.9 Å². The van der Waals surface area contributed by atoms with E-state index in [2.05, 4.69) is 37.9 Å². The third kappa shape index (κ3) is 7.88. The summed E-state index contributed by atoms with van der Waals surface area (Å²) in [5.74, 6) is 4.19. The topological polar surface area (TPSA) is 92.5 Å². The highest BCUT2D eigenvalue weighted by atomic mass is 127. The van der Waals surface area contributed by atoms with Crippen molar-refractivity contribution >= 4 is 35.8 Å². The smallest absolute Gasteiger partial charge is 0.192 e. The van der Waals surface area contributed by atoms with Crippen LogP contribution in [-0.2, 0) is 26.6 Å². The van der Waals surface area contributed by atoms with Crippen molar-refractivity contribution in [3.05, 3.63) is 65.4 Å². The van der Waals surface area contributed by atoms with Crippen LogP contribution in [0.25, 0.3) is 0 Å². The summed E-state index contributed by atoms with van der Waals surface area (Å²) in [4.78, 5) is 11.4. The summed E-state index contributed by atoms with van der Waals surface area (Å²) in [6, 6.07) is 14.1. The number of nitrogens with zero attached hydrogens (tertiary/aromatic N) is 6. The number of methoxy groups -OCH3 is 1. The molecule has 1 aromatic carbocycles. The van der Waals surface area contributed by atoms with Crippen molar-refractivity contribution in [2.24, 2.45) is 12.0 Å². The lowest BCUT2D eigenvalue weighted by atomic mass is 10.1. The molecule has 0 aliphatic heterocycles. The van der Waals surface area contributed by atoms with Crippen LogP contribution in [0.15, 0.2) is 47.5 Å². The number of ether oxygens (including phenoxy) is 1. The minimum Gasteiger partial charge on any atom is -0.497 e. The molecule has 0 saturated carbocycles. The number of guanidine groups is 1. The van der Waals surface area contributed by atoms with Crippen LogP contribution in [0.2, 0.25) is 0 Å². The molecule has 0 atom stereocenters. The summed E-state index contributed by atoms with van der Waals surface area (Å²) >= 11 is 0. The largest absolute Gasteiger partial charge is 0.497 e. The average molecular weight is 564 g/mol. The molecule has 3 rings (SSSR count). The van der Waals surface area contributed by atoms with Crippen LogP contribution in [0.4, 0.5) is 5.82 Å². The maximum Gasteiger partial charge on any atom is 0.192 e. The van der Waals surface area contributed by atoms with Gasteiger partial charge in [-0.15, -0.1) is 34.2 Å².